The summed E-state index contributed by atoms with van der Waals surface area (Å²) in [5.74, 6) is 0. The van der Waals surface area contributed by atoms with E-state index in [0.717, 1.165) is 6.42 Å². The molecule has 0 aromatic heterocycles. The average molecular weight is 257 g/mol. The third-order valence-electron chi connectivity index (χ3n) is 2.98. The van der Waals surface area contributed by atoms with Crippen LogP contribution in [-0.4, -0.2) is 27.7 Å². The maximum absolute atomic E-state index is 13.0. The van der Waals surface area contributed by atoms with Gasteiger partial charge in [-0.05, 0) is 41.6 Å². The number of hydrogen-bond donors (Lipinski definition) is 1. The summed E-state index contributed by atoms with van der Waals surface area (Å²) in [5, 5.41) is 9.77. The highest BCUT2D eigenvalue weighted by molar-refractivity contribution is 9.10. The van der Waals surface area contributed by atoms with Gasteiger partial charge in [-0.25, -0.2) is 0 Å². The molecule has 2 bridgehead atoms. The smallest absolute Gasteiger partial charge is 0.331 e. The fraction of sp³-hybridized carbons (Fsp3) is 1.00. The molecule has 2 aliphatic heterocycles. The summed E-state index contributed by atoms with van der Waals surface area (Å²) in [6.45, 7) is 0. The molecule has 2 saturated heterocycles. The van der Waals surface area contributed by atoms with Gasteiger partial charge in [-0.15, -0.1) is 0 Å². The molecule has 0 spiro atoms. The highest BCUT2D eigenvalue weighted by Gasteiger charge is 2.60. The molecule has 2 rings (SSSR count). The predicted molar refractivity (Wildman–Crippen MR) is 46.0 cm³/mol. The minimum absolute atomic E-state index is 0.0834. The first kappa shape index (κ1) is 9.80. The SMILES string of the molecule is OC1(C(F)(F)Br)CCC2CCC1O2. The van der Waals surface area contributed by atoms with Crippen LogP contribution in [0.4, 0.5) is 8.78 Å². The van der Waals surface area contributed by atoms with E-state index in [1.165, 1.54) is 0 Å². The van der Waals surface area contributed by atoms with Gasteiger partial charge in [0.2, 0.25) is 0 Å². The Bertz CT molecular complexity index is 219. The second-order valence-corrected chi connectivity index (χ2v) is 4.78. The van der Waals surface area contributed by atoms with Crippen molar-refractivity contribution in [1.82, 2.24) is 0 Å². The summed E-state index contributed by atoms with van der Waals surface area (Å²) >= 11 is 2.23. The molecular formula is C8H11BrF2O2. The van der Waals surface area contributed by atoms with Crippen molar-refractivity contribution in [2.75, 3.05) is 0 Å². The minimum atomic E-state index is -3.25. The summed E-state index contributed by atoms with van der Waals surface area (Å²) in [5.41, 5.74) is -2.01. The van der Waals surface area contributed by atoms with Crippen LogP contribution in [0.1, 0.15) is 25.7 Å². The van der Waals surface area contributed by atoms with Gasteiger partial charge in [0, 0.05) is 0 Å². The molecular weight excluding hydrogens is 246 g/mol. The van der Waals surface area contributed by atoms with Crippen molar-refractivity contribution in [1.29, 1.82) is 0 Å². The largest absolute Gasteiger partial charge is 0.380 e. The third-order valence-corrected chi connectivity index (χ3v) is 3.67. The predicted octanol–water partition coefficient (Wildman–Crippen LogP) is 2.05. The standard InChI is InChI=1S/C8H11BrF2O2/c9-8(10,11)7(12)4-3-5-1-2-6(7)13-5/h5-6,12H,1-4H2. The molecule has 1 N–H and O–H groups in total. The van der Waals surface area contributed by atoms with Crippen molar-refractivity contribution >= 4 is 15.9 Å². The van der Waals surface area contributed by atoms with Crippen LogP contribution < -0.4 is 0 Å². The van der Waals surface area contributed by atoms with Gasteiger partial charge < -0.3 is 9.84 Å². The van der Waals surface area contributed by atoms with Crippen LogP contribution in [0, 0.1) is 0 Å². The normalized spacial score (nSPS) is 45.2. The summed E-state index contributed by atoms with van der Waals surface area (Å²) in [6.07, 6.45) is 1.33. The molecule has 0 aromatic rings. The Morgan fingerprint density at radius 1 is 1.38 bits per heavy atom. The summed E-state index contributed by atoms with van der Waals surface area (Å²) < 4.78 is 31.3. The van der Waals surface area contributed by atoms with Crippen LogP contribution in [0.5, 0.6) is 0 Å². The number of aliphatic hydroxyl groups is 1. The van der Waals surface area contributed by atoms with E-state index in [1.54, 1.807) is 0 Å². The molecule has 5 heteroatoms. The number of hydrogen-bond acceptors (Lipinski definition) is 2. The van der Waals surface area contributed by atoms with Crippen LogP contribution in [-0.2, 0) is 4.74 Å². The maximum Gasteiger partial charge on any atom is 0.331 e. The molecule has 0 saturated carbocycles. The maximum atomic E-state index is 13.0. The van der Waals surface area contributed by atoms with Gasteiger partial charge >= 0.3 is 4.83 Å². The van der Waals surface area contributed by atoms with Crippen molar-refractivity contribution in [3.63, 3.8) is 0 Å². The zero-order chi connectivity index (χ0) is 9.69. The zero-order valence-corrected chi connectivity index (χ0v) is 8.56. The second-order valence-electron chi connectivity index (χ2n) is 3.78. The average Bonchev–Trinajstić information content (AvgIpc) is 2.41. The van der Waals surface area contributed by atoms with Crippen molar-refractivity contribution in [2.24, 2.45) is 0 Å². The Morgan fingerprint density at radius 2 is 2.08 bits per heavy atom. The van der Waals surface area contributed by atoms with Gasteiger partial charge in [0.1, 0.15) is 0 Å². The van der Waals surface area contributed by atoms with Crippen LogP contribution in [0.2, 0.25) is 0 Å². The zero-order valence-electron chi connectivity index (χ0n) is 6.97. The summed E-state index contributed by atoms with van der Waals surface area (Å²) in [6, 6.07) is 0. The van der Waals surface area contributed by atoms with Crippen LogP contribution in [0.25, 0.3) is 0 Å². The lowest BCUT2D eigenvalue weighted by Crippen LogP contribution is -2.55. The molecule has 0 radical (unpaired) electrons. The molecule has 2 aliphatic rings. The van der Waals surface area contributed by atoms with Crippen LogP contribution in [0.3, 0.4) is 0 Å². The van der Waals surface area contributed by atoms with E-state index in [9.17, 15) is 13.9 Å². The molecule has 3 unspecified atom stereocenters. The first-order valence-electron chi connectivity index (χ1n) is 4.38. The van der Waals surface area contributed by atoms with Crippen molar-refractivity contribution in [2.45, 2.75) is 48.3 Å². The van der Waals surface area contributed by atoms with Gasteiger partial charge in [-0.3, -0.25) is 0 Å². The van der Waals surface area contributed by atoms with E-state index in [4.69, 9.17) is 4.74 Å². The first-order chi connectivity index (χ1) is 5.93. The van der Waals surface area contributed by atoms with E-state index in [0.29, 0.717) is 12.8 Å². The van der Waals surface area contributed by atoms with Crippen LogP contribution in [0.15, 0.2) is 0 Å². The monoisotopic (exact) mass is 256 g/mol. The van der Waals surface area contributed by atoms with E-state index in [-0.39, 0.29) is 12.5 Å². The molecule has 76 valence electrons. The molecule has 2 nitrogen and oxygen atoms in total. The van der Waals surface area contributed by atoms with Gasteiger partial charge in [0.25, 0.3) is 0 Å². The Labute approximate surface area is 83.4 Å². The number of rotatable bonds is 1. The molecule has 0 aromatic carbocycles. The van der Waals surface area contributed by atoms with Crippen molar-refractivity contribution in [3.8, 4) is 0 Å². The molecule has 0 amide bonds. The molecule has 2 fully saturated rings. The molecule has 3 atom stereocenters. The number of alkyl halides is 3. The summed E-state index contributed by atoms with van der Waals surface area (Å²) in [4.78, 5) is -3.25. The molecule has 0 aliphatic carbocycles. The van der Waals surface area contributed by atoms with Gasteiger partial charge in [-0.1, -0.05) is 0 Å². The van der Waals surface area contributed by atoms with Gasteiger partial charge in [-0.2, -0.15) is 8.78 Å². The Hall–Kier alpha value is 0.260. The Balaban J connectivity index is 2.22. The first-order valence-corrected chi connectivity index (χ1v) is 5.17. The van der Waals surface area contributed by atoms with Crippen molar-refractivity contribution < 1.29 is 18.6 Å². The van der Waals surface area contributed by atoms with E-state index >= 15 is 0 Å². The topological polar surface area (TPSA) is 29.5 Å². The fourth-order valence-electron chi connectivity index (χ4n) is 2.14. The Morgan fingerprint density at radius 3 is 2.69 bits per heavy atom. The molecule has 13 heavy (non-hydrogen) atoms. The Kier molecular flexibility index (Phi) is 2.17. The highest BCUT2D eigenvalue weighted by atomic mass is 79.9. The number of halogens is 3. The minimum Gasteiger partial charge on any atom is -0.380 e. The number of ether oxygens (including phenoxy) is 1. The lowest BCUT2D eigenvalue weighted by Gasteiger charge is -2.40. The van der Waals surface area contributed by atoms with Gasteiger partial charge in [0.15, 0.2) is 5.60 Å². The van der Waals surface area contributed by atoms with E-state index in [2.05, 4.69) is 15.9 Å². The lowest BCUT2D eigenvalue weighted by molar-refractivity contribution is -0.214. The highest BCUT2D eigenvalue weighted by Crippen LogP contribution is 2.49. The quantitative estimate of drug-likeness (QED) is 0.728. The fourth-order valence-corrected chi connectivity index (χ4v) is 2.59. The van der Waals surface area contributed by atoms with Crippen LogP contribution >= 0.6 is 15.9 Å². The summed E-state index contributed by atoms with van der Waals surface area (Å²) in [7, 11) is 0. The number of fused-ring (bicyclic) bond motifs is 2. The molecule has 2 heterocycles. The van der Waals surface area contributed by atoms with Gasteiger partial charge in [0.05, 0.1) is 12.2 Å². The van der Waals surface area contributed by atoms with Crippen molar-refractivity contribution in [3.05, 3.63) is 0 Å². The second kappa shape index (κ2) is 2.87. The lowest BCUT2D eigenvalue weighted by atomic mass is 9.90. The third kappa shape index (κ3) is 1.41. The van der Waals surface area contributed by atoms with E-state index in [1.807, 2.05) is 0 Å². The van der Waals surface area contributed by atoms with E-state index < -0.39 is 16.5 Å².